The zero-order chi connectivity index (χ0) is 19.7. The lowest BCUT2D eigenvalue weighted by atomic mass is 10.1. The molecule has 142 valence electrons. The molecule has 4 rings (SSSR count). The van der Waals surface area contributed by atoms with Gasteiger partial charge in [0.25, 0.3) is 0 Å². The number of aromatic nitrogens is 3. The summed E-state index contributed by atoms with van der Waals surface area (Å²) < 4.78 is 39.8. The van der Waals surface area contributed by atoms with Crippen LogP contribution in [-0.2, 0) is 11.9 Å². The third kappa shape index (κ3) is 3.81. The number of thioether (sulfide) groups is 1. The Labute approximate surface area is 166 Å². The van der Waals surface area contributed by atoms with Gasteiger partial charge in [0.15, 0.2) is 5.16 Å². The van der Waals surface area contributed by atoms with Crippen molar-refractivity contribution in [3.8, 4) is 16.3 Å². The second-order valence-corrected chi connectivity index (χ2v) is 7.72. The van der Waals surface area contributed by atoms with E-state index in [1.165, 1.54) is 17.4 Å². The molecular weight excluding hydrogens is 407 g/mol. The number of alkyl halides is 3. The molecular formula is C19H12F3N3OS2. The number of rotatable bonds is 4. The summed E-state index contributed by atoms with van der Waals surface area (Å²) in [5.74, 6) is 0.396. The maximum absolute atomic E-state index is 13.3. The van der Waals surface area contributed by atoms with E-state index in [4.69, 9.17) is 0 Å². The van der Waals surface area contributed by atoms with Crippen molar-refractivity contribution >= 4 is 34.0 Å². The van der Waals surface area contributed by atoms with Gasteiger partial charge >= 0.3 is 6.18 Å². The minimum absolute atomic E-state index is 0.0448. The van der Waals surface area contributed by atoms with Crippen LogP contribution in [0.5, 0.6) is 5.75 Å². The van der Waals surface area contributed by atoms with Gasteiger partial charge in [0.05, 0.1) is 10.6 Å². The molecule has 0 aliphatic heterocycles. The van der Waals surface area contributed by atoms with Gasteiger partial charge in [-0.2, -0.15) is 13.2 Å². The van der Waals surface area contributed by atoms with Gasteiger partial charge in [-0.15, -0.1) is 11.3 Å². The average Bonchev–Trinajstić information content (AvgIpc) is 3.22. The monoisotopic (exact) mass is 419 g/mol. The summed E-state index contributed by atoms with van der Waals surface area (Å²) in [5, 5.41) is 12.5. The Bertz CT molecular complexity index is 1130. The van der Waals surface area contributed by atoms with E-state index in [0.717, 1.165) is 28.8 Å². The standard InChI is InChI=1S/C19H12F3N3OS2/c20-19(21,22)16-9-13(15-4-2-8-27-15)24-18(25-16)28-10-11-5-6-14(26)17-12(11)3-1-7-23-17/h1-9,26H,10H2. The minimum atomic E-state index is -4.56. The summed E-state index contributed by atoms with van der Waals surface area (Å²) in [6, 6.07) is 11.2. The van der Waals surface area contributed by atoms with E-state index in [1.54, 1.807) is 35.8 Å². The highest BCUT2D eigenvalue weighted by Crippen LogP contribution is 2.35. The Hall–Kier alpha value is -2.65. The summed E-state index contributed by atoms with van der Waals surface area (Å²) in [7, 11) is 0. The SMILES string of the molecule is Oc1ccc(CSc2nc(-c3cccs3)cc(C(F)(F)F)n2)c2cccnc12. The van der Waals surface area contributed by atoms with Gasteiger partial charge in [-0.25, -0.2) is 9.97 Å². The molecule has 0 amide bonds. The van der Waals surface area contributed by atoms with Crippen LogP contribution in [0.4, 0.5) is 13.2 Å². The van der Waals surface area contributed by atoms with E-state index in [2.05, 4.69) is 15.0 Å². The molecule has 1 N–H and O–H groups in total. The van der Waals surface area contributed by atoms with Crippen LogP contribution in [0.2, 0.25) is 0 Å². The quantitative estimate of drug-likeness (QED) is 0.336. The van der Waals surface area contributed by atoms with Crippen LogP contribution in [0.25, 0.3) is 21.5 Å². The number of phenolic OH excluding ortho intramolecular Hbond substituents is 1. The average molecular weight is 419 g/mol. The van der Waals surface area contributed by atoms with Gasteiger partial charge in [-0.05, 0) is 35.2 Å². The van der Waals surface area contributed by atoms with Crippen LogP contribution < -0.4 is 0 Å². The van der Waals surface area contributed by atoms with Crippen molar-refractivity contribution in [2.24, 2.45) is 0 Å². The summed E-state index contributed by atoms with van der Waals surface area (Å²) in [4.78, 5) is 12.8. The number of phenols is 1. The van der Waals surface area contributed by atoms with Gasteiger partial charge in [-0.1, -0.05) is 30.0 Å². The van der Waals surface area contributed by atoms with Gasteiger partial charge in [0, 0.05) is 17.3 Å². The molecule has 1 aromatic carbocycles. The molecule has 0 aliphatic rings. The molecule has 3 aromatic heterocycles. The highest BCUT2D eigenvalue weighted by molar-refractivity contribution is 7.98. The van der Waals surface area contributed by atoms with Crippen molar-refractivity contribution in [1.82, 2.24) is 15.0 Å². The number of pyridine rings is 1. The van der Waals surface area contributed by atoms with Gasteiger partial charge < -0.3 is 5.11 Å². The maximum atomic E-state index is 13.3. The number of halogens is 3. The molecule has 0 fully saturated rings. The number of aromatic hydroxyl groups is 1. The van der Waals surface area contributed by atoms with Crippen molar-refractivity contribution in [3.05, 3.63) is 65.3 Å². The number of benzene rings is 1. The molecule has 3 heterocycles. The summed E-state index contributed by atoms with van der Waals surface area (Å²) >= 11 is 2.43. The lowest BCUT2D eigenvalue weighted by Gasteiger charge is -2.10. The number of nitrogens with zero attached hydrogens (tertiary/aromatic N) is 3. The molecule has 0 saturated heterocycles. The molecule has 0 atom stereocenters. The number of fused-ring (bicyclic) bond motifs is 1. The first kappa shape index (κ1) is 18.7. The first-order valence-electron chi connectivity index (χ1n) is 8.10. The molecule has 0 aliphatic carbocycles. The number of hydrogen-bond donors (Lipinski definition) is 1. The van der Waals surface area contributed by atoms with Crippen molar-refractivity contribution in [2.45, 2.75) is 17.1 Å². The Morgan fingerprint density at radius 2 is 1.93 bits per heavy atom. The van der Waals surface area contributed by atoms with E-state index in [1.807, 2.05) is 6.07 Å². The topological polar surface area (TPSA) is 58.9 Å². The smallest absolute Gasteiger partial charge is 0.433 e. The number of thiophene rings is 1. The zero-order valence-corrected chi connectivity index (χ0v) is 15.8. The molecule has 0 spiro atoms. The highest BCUT2D eigenvalue weighted by Gasteiger charge is 2.34. The van der Waals surface area contributed by atoms with Crippen molar-refractivity contribution in [2.75, 3.05) is 0 Å². The van der Waals surface area contributed by atoms with Crippen LogP contribution in [0.3, 0.4) is 0 Å². The van der Waals surface area contributed by atoms with Crippen molar-refractivity contribution in [1.29, 1.82) is 0 Å². The molecule has 4 aromatic rings. The van der Waals surface area contributed by atoms with Gasteiger partial charge in [0.1, 0.15) is 17.0 Å². The fraction of sp³-hybridized carbons (Fsp3) is 0.105. The van der Waals surface area contributed by atoms with E-state index >= 15 is 0 Å². The summed E-state index contributed by atoms with van der Waals surface area (Å²) in [5.41, 5.74) is 0.553. The first-order chi connectivity index (χ1) is 13.4. The second-order valence-electron chi connectivity index (χ2n) is 5.83. The van der Waals surface area contributed by atoms with Crippen LogP contribution in [-0.4, -0.2) is 20.1 Å². The fourth-order valence-corrected chi connectivity index (χ4v) is 4.22. The van der Waals surface area contributed by atoms with E-state index < -0.39 is 11.9 Å². The fourth-order valence-electron chi connectivity index (χ4n) is 2.67. The van der Waals surface area contributed by atoms with E-state index in [9.17, 15) is 18.3 Å². The highest BCUT2D eigenvalue weighted by atomic mass is 32.2. The lowest BCUT2D eigenvalue weighted by molar-refractivity contribution is -0.141. The van der Waals surface area contributed by atoms with Crippen LogP contribution in [0.1, 0.15) is 11.3 Å². The first-order valence-corrected chi connectivity index (χ1v) is 9.97. The Kier molecular flexibility index (Phi) is 4.94. The predicted molar refractivity (Wildman–Crippen MR) is 103 cm³/mol. The zero-order valence-electron chi connectivity index (χ0n) is 14.1. The second kappa shape index (κ2) is 7.40. The molecule has 0 unspecified atom stereocenters. The van der Waals surface area contributed by atoms with Crippen LogP contribution in [0, 0.1) is 0 Å². The van der Waals surface area contributed by atoms with E-state index in [-0.39, 0.29) is 16.6 Å². The van der Waals surface area contributed by atoms with Gasteiger partial charge in [-0.3, -0.25) is 4.98 Å². The molecule has 0 saturated carbocycles. The lowest BCUT2D eigenvalue weighted by Crippen LogP contribution is -2.10. The predicted octanol–water partition coefficient (Wildman–Crippen LogP) is 5.77. The largest absolute Gasteiger partial charge is 0.506 e. The third-order valence-electron chi connectivity index (χ3n) is 3.97. The normalized spacial score (nSPS) is 11.8. The molecule has 9 heteroatoms. The maximum Gasteiger partial charge on any atom is 0.433 e. The van der Waals surface area contributed by atoms with Crippen molar-refractivity contribution < 1.29 is 18.3 Å². The Morgan fingerprint density at radius 3 is 2.68 bits per heavy atom. The third-order valence-corrected chi connectivity index (χ3v) is 5.75. The van der Waals surface area contributed by atoms with E-state index in [0.29, 0.717) is 16.1 Å². The van der Waals surface area contributed by atoms with Crippen LogP contribution >= 0.6 is 23.1 Å². The molecule has 0 bridgehead atoms. The molecule has 0 radical (unpaired) electrons. The molecule has 4 nitrogen and oxygen atoms in total. The van der Waals surface area contributed by atoms with Crippen LogP contribution in [0.15, 0.2) is 59.2 Å². The minimum Gasteiger partial charge on any atom is -0.506 e. The molecule has 28 heavy (non-hydrogen) atoms. The Morgan fingerprint density at radius 1 is 1.07 bits per heavy atom. The van der Waals surface area contributed by atoms with Crippen molar-refractivity contribution in [3.63, 3.8) is 0 Å². The van der Waals surface area contributed by atoms with Gasteiger partial charge in [0.2, 0.25) is 0 Å². The Balaban J connectivity index is 1.69. The summed E-state index contributed by atoms with van der Waals surface area (Å²) in [6.07, 6.45) is -2.98. The number of hydrogen-bond acceptors (Lipinski definition) is 6. The summed E-state index contributed by atoms with van der Waals surface area (Å²) in [6.45, 7) is 0.